The van der Waals surface area contributed by atoms with Gasteiger partial charge in [0, 0.05) is 18.7 Å². The molecule has 1 aliphatic carbocycles. The molecule has 1 aliphatic rings. The Morgan fingerprint density at radius 2 is 2.10 bits per heavy atom. The number of nitro groups is 1. The highest BCUT2D eigenvalue weighted by Crippen LogP contribution is 2.30. The zero-order chi connectivity index (χ0) is 14.5. The van der Waals surface area contributed by atoms with Gasteiger partial charge in [0.15, 0.2) is 0 Å². The summed E-state index contributed by atoms with van der Waals surface area (Å²) in [7, 11) is 0. The molecule has 0 aromatic heterocycles. The van der Waals surface area contributed by atoms with E-state index in [9.17, 15) is 10.1 Å². The summed E-state index contributed by atoms with van der Waals surface area (Å²) in [5, 5.41) is 28.8. The van der Waals surface area contributed by atoms with Crippen LogP contribution in [0, 0.1) is 27.4 Å². The summed E-state index contributed by atoms with van der Waals surface area (Å²) in [6.45, 7) is 0.202. The summed E-state index contributed by atoms with van der Waals surface area (Å²) in [6.07, 6.45) is 3.46. The summed E-state index contributed by atoms with van der Waals surface area (Å²) in [5.41, 5.74) is 0.0707. The molecule has 1 fully saturated rings. The fraction of sp³-hybridized carbons (Fsp3) is 0.500. The van der Waals surface area contributed by atoms with Gasteiger partial charge >= 0.3 is 0 Å². The molecule has 1 saturated carbocycles. The van der Waals surface area contributed by atoms with Gasteiger partial charge in [0.1, 0.15) is 17.4 Å². The third-order valence-electron chi connectivity index (χ3n) is 3.64. The van der Waals surface area contributed by atoms with Crippen LogP contribution in [0.5, 0.6) is 5.75 Å². The quantitative estimate of drug-likeness (QED) is 0.672. The molecule has 6 heteroatoms. The molecule has 1 N–H and O–H groups in total. The molecule has 20 heavy (non-hydrogen) atoms. The topological polar surface area (TPSA) is 96.4 Å². The van der Waals surface area contributed by atoms with Crippen molar-refractivity contribution in [1.29, 1.82) is 5.26 Å². The van der Waals surface area contributed by atoms with E-state index >= 15 is 0 Å². The van der Waals surface area contributed by atoms with E-state index in [4.69, 9.17) is 15.1 Å². The van der Waals surface area contributed by atoms with Crippen LogP contribution in [0.3, 0.4) is 0 Å². The maximum absolute atomic E-state index is 10.7. The van der Waals surface area contributed by atoms with Crippen molar-refractivity contribution in [3.8, 4) is 11.8 Å². The van der Waals surface area contributed by atoms with Crippen molar-refractivity contribution in [2.75, 3.05) is 6.61 Å². The van der Waals surface area contributed by atoms with Crippen LogP contribution in [-0.4, -0.2) is 22.7 Å². The molecular weight excluding hydrogens is 260 g/mol. The van der Waals surface area contributed by atoms with E-state index < -0.39 is 4.92 Å². The summed E-state index contributed by atoms with van der Waals surface area (Å²) in [6, 6.07) is 5.99. The average Bonchev–Trinajstić information content (AvgIpc) is 2.48. The van der Waals surface area contributed by atoms with E-state index in [1.807, 2.05) is 6.07 Å². The Morgan fingerprint density at radius 1 is 1.40 bits per heavy atom. The van der Waals surface area contributed by atoms with Gasteiger partial charge in [-0.15, -0.1) is 0 Å². The molecule has 0 amide bonds. The molecule has 0 radical (unpaired) electrons. The molecule has 0 spiro atoms. The highest BCUT2D eigenvalue weighted by atomic mass is 16.6. The Bertz CT molecular complexity index is 530. The lowest BCUT2D eigenvalue weighted by Crippen LogP contribution is -2.25. The van der Waals surface area contributed by atoms with Crippen LogP contribution in [0.4, 0.5) is 5.69 Å². The van der Waals surface area contributed by atoms with E-state index in [0.29, 0.717) is 11.7 Å². The second-order valence-corrected chi connectivity index (χ2v) is 4.99. The maximum atomic E-state index is 10.7. The zero-order valence-corrected chi connectivity index (χ0v) is 11.0. The fourth-order valence-electron chi connectivity index (χ4n) is 2.43. The van der Waals surface area contributed by atoms with E-state index in [2.05, 4.69) is 0 Å². The van der Waals surface area contributed by atoms with Crippen LogP contribution >= 0.6 is 0 Å². The monoisotopic (exact) mass is 276 g/mol. The van der Waals surface area contributed by atoms with Gasteiger partial charge in [0.05, 0.1) is 11.0 Å². The summed E-state index contributed by atoms with van der Waals surface area (Å²) >= 11 is 0. The smallest absolute Gasteiger partial charge is 0.271 e. The predicted octanol–water partition coefficient (Wildman–Crippen LogP) is 2.40. The van der Waals surface area contributed by atoms with Crippen molar-refractivity contribution in [2.24, 2.45) is 5.92 Å². The molecule has 2 rings (SSSR count). The number of aliphatic hydroxyl groups is 1. The van der Waals surface area contributed by atoms with Gasteiger partial charge in [-0.25, -0.2) is 0 Å². The van der Waals surface area contributed by atoms with E-state index in [0.717, 1.165) is 25.7 Å². The van der Waals surface area contributed by atoms with Crippen LogP contribution in [0.25, 0.3) is 0 Å². The van der Waals surface area contributed by atoms with Crippen molar-refractivity contribution < 1.29 is 14.8 Å². The van der Waals surface area contributed by atoms with Crippen molar-refractivity contribution in [3.63, 3.8) is 0 Å². The lowest BCUT2D eigenvalue weighted by molar-refractivity contribution is -0.384. The van der Waals surface area contributed by atoms with Gasteiger partial charge < -0.3 is 9.84 Å². The van der Waals surface area contributed by atoms with Crippen LogP contribution in [0.2, 0.25) is 0 Å². The first kappa shape index (κ1) is 14.3. The number of nitro benzene ring substituents is 1. The number of aliphatic hydroxyl groups excluding tert-OH is 1. The van der Waals surface area contributed by atoms with Crippen LogP contribution < -0.4 is 4.74 Å². The standard InChI is InChI=1S/C14H16N2O4/c15-8-11-7-12(16(18)19)3-6-14(11)20-13-4-1-10(9-17)2-5-13/h3,6-7,10,13,17H,1-2,4-5,9H2. The Hall–Kier alpha value is -2.13. The lowest BCUT2D eigenvalue weighted by Gasteiger charge is -2.28. The minimum Gasteiger partial charge on any atom is -0.489 e. The Morgan fingerprint density at radius 3 is 2.65 bits per heavy atom. The first-order valence-corrected chi connectivity index (χ1v) is 6.60. The highest BCUT2D eigenvalue weighted by molar-refractivity contribution is 5.50. The molecule has 0 atom stereocenters. The van der Waals surface area contributed by atoms with E-state index in [1.54, 1.807) is 0 Å². The number of rotatable bonds is 4. The molecule has 0 saturated heterocycles. The zero-order valence-electron chi connectivity index (χ0n) is 11.0. The van der Waals surface area contributed by atoms with Crippen LogP contribution in [0.1, 0.15) is 31.2 Å². The average molecular weight is 276 g/mol. The minimum absolute atomic E-state index is 0.00589. The molecule has 6 nitrogen and oxygen atoms in total. The van der Waals surface area contributed by atoms with Crippen LogP contribution in [0.15, 0.2) is 18.2 Å². The second-order valence-electron chi connectivity index (χ2n) is 4.99. The molecule has 0 aliphatic heterocycles. The number of non-ortho nitro benzene ring substituents is 1. The summed E-state index contributed by atoms with van der Waals surface area (Å²) < 4.78 is 5.78. The second kappa shape index (κ2) is 6.35. The van der Waals surface area contributed by atoms with Crippen molar-refractivity contribution >= 4 is 5.69 Å². The first-order valence-electron chi connectivity index (χ1n) is 6.60. The highest BCUT2D eigenvalue weighted by Gasteiger charge is 2.23. The first-order chi connectivity index (χ1) is 9.63. The predicted molar refractivity (Wildman–Crippen MR) is 71.3 cm³/mol. The van der Waals surface area contributed by atoms with Gasteiger partial charge in [0.25, 0.3) is 5.69 Å². The SMILES string of the molecule is N#Cc1cc([N+](=O)[O-])ccc1OC1CCC(CO)CC1. The van der Waals surface area contributed by atoms with Gasteiger partial charge in [-0.2, -0.15) is 5.26 Å². The molecule has 106 valence electrons. The minimum atomic E-state index is -0.531. The van der Waals surface area contributed by atoms with Gasteiger partial charge in [-0.3, -0.25) is 10.1 Å². The number of nitriles is 1. The van der Waals surface area contributed by atoms with Crippen molar-refractivity contribution in [2.45, 2.75) is 31.8 Å². The van der Waals surface area contributed by atoms with E-state index in [1.165, 1.54) is 18.2 Å². The van der Waals surface area contributed by atoms with Gasteiger partial charge in [-0.05, 0) is 37.7 Å². The van der Waals surface area contributed by atoms with Crippen LogP contribution in [-0.2, 0) is 0 Å². The third kappa shape index (κ3) is 3.25. The fourth-order valence-corrected chi connectivity index (χ4v) is 2.43. The van der Waals surface area contributed by atoms with Crippen molar-refractivity contribution in [3.05, 3.63) is 33.9 Å². The summed E-state index contributed by atoms with van der Waals surface area (Å²) in [4.78, 5) is 10.1. The molecular formula is C14H16N2O4. The number of hydrogen-bond acceptors (Lipinski definition) is 5. The van der Waals surface area contributed by atoms with E-state index in [-0.39, 0.29) is 24.0 Å². The molecule has 0 unspecified atom stereocenters. The Balaban J connectivity index is 2.06. The number of hydrogen-bond donors (Lipinski definition) is 1. The normalized spacial score (nSPS) is 22.0. The molecule has 1 aromatic carbocycles. The molecule has 0 bridgehead atoms. The van der Waals surface area contributed by atoms with Gasteiger partial charge in [-0.1, -0.05) is 0 Å². The summed E-state index contributed by atoms with van der Waals surface area (Å²) in [5.74, 6) is 0.729. The Labute approximate surface area is 116 Å². The molecule has 0 heterocycles. The largest absolute Gasteiger partial charge is 0.489 e. The lowest BCUT2D eigenvalue weighted by atomic mass is 9.88. The number of benzene rings is 1. The Kier molecular flexibility index (Phi) is 4.53. The maximum Gasteiger partial charge on any atom is 0.271 e. The molecule has 1 aromatic rings. The third-order valence-corrected chi connectivity index (χ3v) is 3.64. The van der Waals surface area contributed by atoms with Crippen molar-refractivity contribution in [1.82, 2.24) is 0 Å². The number of nitrogens with zero attached hydrogens (tertiary/aromatic N) is 2. The number of ether oxygens (including phenoxy) is 1. The van der Waals surface area contributed by atoms with Gasteiger partial charge in [0.2, 0.25) is 0 Å².